The van der Waals surface area contributed by atoms with Gasteiger partial charge in [-0.15, -0.1) is 0 Å². The molecule has 0 bridgehead atoms. The van der Waals surface area contributed by atoms with Crippen LogP contribution in [0.15, 0.2) is 41.3 Å². The average Bonchev–Trinajstić information content (AvgIpc) is 2.86. The van der Waals surface area contributed by atoms with E-state index in [1.165, 1.54) is 11.6 Å². The highest BCUT2D eigenvalue weighted by Crippen LogP contribution is 2.35. The fourth-order valence-electron chi connectivity index (χ4n) is 4.25. The van der Waals surface area contributed by atoms with E-state index in [2.05, 4.69) is 19.9 Å². The van der Waals surface area contributed by atoms with Gasteiger partial charge in [-0.25, -0.2) is 19.3 Å². The van der Waals surface area contributed by atoms with E-state index in [0.717, 1.165) is 23.4 Å². The molecule has 1 atom stereocenters. The summed E-state index contributed by atoms with van der Waals surface area (Å²) in [6.45, 7) is 4.52. The van der Waals surface area contributed by atoms with Crippen LogP contribution in [-0.2, 0) is 18.0 Å². The van der Waals surface area contributed by atoms with E-state index in [9.17, 15) is 18.0 Å². The Kier molecular flexibility index (Phi) is 6.14. The van der Waals surface area contributed by atoms with Crippen molar-refractivity contribution in [2.75, 3.05) is 24.6 Å². The smallest absolute Gasteiger partial charge is 0.370 e. The molecular weight excluding hydrogens is 492 g/mol. The third kappa shape index (κ3) is 4.64. The lowest BCUT2D eigenvalue weighted by Crippen LogP contribution is -2.39. The monoisotopic (exact) mass is 514 g/mol. The van der Waals surface area contributed by atoms with Crippen LogP contribution >= 0.6 is 0 Å². The zero-order chi connectivity index (χ0) is 26.5. The Hall–Kier alpha value is -3.93. The van der Waals surface area contributed by atoms with Gasteiger partial charge in [-0.05, 0) is 49.7 Å². The van der Waals surface area contributed by atoms with Crippen LogP contribution in [0.1, 0.15) is 28.7 Å². The number of alkyl halides is 3. The van der Waals surface area contributed by atoms with E-state index >= 15 is 4.39 Å². The maximum absolute atomic E-state index is 15.1. The summed E-state index contributed by atoms with van der Waals surface area (Å²) in [6.07, 6.45) is -3.36. The van der Waals surface area contributed by atoms with Crippen LogP contribution in [0, 0.1) is 19.7 Å². The van der Waals surface area contributed by atoms with E-state index in [1.54, 1.807) is 18.0 Å². The van der Waals surface area contributed by atoms with Crippen molar-refractivity contribution in [1.82, 2.24) is 24.5 Å². The molecule has 12 heteroatoms. The topological polar surface area (TPSA) is 86.0 Å². The van der Waals surface area contributed by atoms with Gasteiger partial charge in [-0.2, -0.15) is 13.2 Å². The van der Waals surface area contributed by atoms with Crippen LogP contribution in [-0.4, -0.2) is 44.2 Å². The van der Waals surface area contributed by atoms with Crippen LogP contribution < -0.4 is 10.5 Å². The maximum atomic E-state index is 15.1. The van der Waals surface area contributed by atoms with Crippen molar-refractivity contribution >= 4 is 17.0 Å². The van der Waals surface area contributed by atoms with Crippen molar-refractivity contribution in [3.63, 3.8) is 0 Å². The number of pyridine rings is 1. The van der Waals surface area contributed by atoms with Gasteiger partial charge in [0, 0.05) is 31.0 Å². The molecule has 1 aromatic carbocycles. The fourth-order valence-corrected chi connectivity index (χ4v) is 4.25. The number of hydrogen-bond acceptors (Lipinski definition) is 7. The van der Waals surface area contributed by atoms with Gasteiger partial charge in [-0.1, -0.05) is 0 Å². The van der Waals surface area contributed by atoms with Gasteiger partial charge < -0.3 is 9.64 Å². The number of aryl methyl sites for hydroxylation is 2. The van der Waals surface area contributed by atoms with Gasteiger partial charge >= 0.3 is 6.18 Å². The third-order valence-corrected chi connectivity index (χ3v) is 6.33. The molecule has 0 radical (unpaired) electrons. The van der Waals surface area contributed by atoms with Crippen molar-refractivity contribution in [2.45, 2.75) is 26.1 Å². The summed E-state index contributed by atoms with van der Waals surface area (Å²) in [6, 6.07) is 5.93. The van der Waals surface area contributed by atoms with Crippen molar-refractivity contribution < 1.29 is 22.3 Å². The standard InChI is InChI=1S/C25H22F4N6O2/c1-13-10-15(6-7-30-13)19-12-35(8-9-37-19)24-32-20(17-5-4-16(11-18(17)26)25(27,28)29)21-22(33-24)23(36)34(3)14(2)31-21/h4-7,10-11,19H,8-9,12H2,1-3H3. The Morgan fingerprint density at radius 3 is 2.54 bits per heavy atom. The number of nitrogens with zero attached hydrogens (tertiary/aromatic N) is 6. The molecule has 0 amide bonds. The first-order chi connectivity index (χ1) is 17.5. The Morgan fingerprint density at radius 1 is 1.05 bits per heavy atom. The molecule has 0 aliphatic carbocycles. The van der Waals surface area contributed by atoms with Crippen molar-refractivity contribution in [1.29, 1.82) is 0 Å². The lowest BCUT2D eigenvalue weighted by Gasteiger charge is -2.33. The highest BCUT2D eigenvalue weighted by Gasteiger charge is 2.32. The summed E-state index contributed by atoms with van der Waals surface area (Å²) in [4.78, 5) is 32.5. The first-order valence-electron chi connectivity index (χ1n) is 11.4. The second kappa shape index (κ2) is 9.18. The molecule has 0 saturated carbocycles. The number of rotatable bonds is 3. The summed E-state index contributed by atoms with van der Waals surface area (Å²) in [5, 5.41) is 0. The Labute approximate surface area is 208 Å². The third-order valence-electron chi connectivity index (χ3n) is 6.33. The van der Waals surface area contributed by atoms with E-state index in [1.807, 2.05) is 19.1 Å². The molecule has 8 nitrogen and oxygen atoms in total. The minimum Gasteiger partial charge on any atom is -0.370 e. The van der Waals surface area contributed by atoms with Gasteiger partial charge in [0.2, 0.25) is 5.95 Å². The lowest BCUT2D eigenvalue weighted by molar-refractivity contribution is -0.137. The minimum absolute atomic E-state index is 0.0116. The van der Waals surface area contributed by atoms with Gasteiger partial charge in [0.05, 0.1) is 18.7 Å². The highest BCUT2D eigenvalue weighted by molar-refractivity contribution is 5.89. The molecule has 1 unspecified atom stereocenters. The lowest BCUT2D eigenvalue weighted by atomic mass is 10.1. The number of benzene rings is 1. The van der Waals surface area contributed by atoms with Gasteiger partial charge in [0.25, 0.3) is 5.56 Å². The zero-order valence-electron chi connectivity index (χ0n) is 20.2. The molecule has 37 heavy (non-hydrogen) atoms. The van der Waals surface area contributed by atoms with Crippen molar-refractivity contribution in [3.8, 4) is 11.3 Å². The van der Waals surface area contributed by atoms with Crippen LogP contribution in [0.3, 0.4) is 0 Å². The number of fused-ring (bicyclic) bond motifs is 1. The molecule has 1 aliphatic rings. The molecule has 5 rings (SSSR count). The SMILES string of the molecule is Cc1cc(C2CN(c3nc(-c4ccc(C(F)(F)F)cc4F)c4nc(C)n(C)c(=O)c4n3)CCO2)ccn1. The molecule has 4 heterocycles. The quantitative estimate of drug-likeness (QED) is 0.380. The van der Waals surface area contributed by atoms with E-state index in [4.69, 9.17) is 4.74 Å². The molecular formula is C25H22F4N6O2. The second-order valence-electron chi connectivity index (χ2n) is 8.82. The molecule has 192 valence electrons. The van der Waals surface area contributed by atoms with Crippen molar-refractivity contribution in [3.05, 3.63) is 75.3 Å². The number of ether oxygens (including phenoxy) is 1. The van der Waals surface area contributed by atoms with Crippen LogP contribution in [0.2, 0.25) is 0 Å². The predicted molar refractivity (Wildman–Crippen MR) is 128 cm³/mol. The van der Waals surface area contributed by atoms with E-state index in [0.29, 0.717) is 31.6 Å². The molecule has 0 spiro atoms. The van der Waals surface area contributed by atoms with E-state index in [-0.39, 0.29) is 34.3 Å². The second-order valence-corrected chi connectivity index (χ2v) is 8.82. The summed E-state index contributed by atoms with van der Waals surface area (Å²) >= 11 is 0. The van der Waals surface area contributed by atoms with Crippen molar-refractivity contribution in [2.24, 2.45) is 7.05 Å². The van der Waals surface area contributed by atoms with Crippen LogP contribution in [0.25, 0.3) is 22.3 Å². The van der Waals surface area contributed by atoms with Crippen LogP contribution in [0.5, 0.6) is 0 Å². The number of hydrogen-bond donors (Lipinski definition) is 0. The molecule has 4 aromatic rings. The first-order valence-corrected chi connectivity index (χ1v) is 11.4. The first kappa shape index (κ1) is 24.8. The predicted octanol–water partition coefficient (Wildman–Crippen LogP) is 4.14. The minimum atomic E-state index is -4.71. The zero-order valence-corrected chi connectivity index (χ0v) is 20.2. The Balaban J connectivity index is 1.66. The maximum Gasteiger partial charge on any atom is 0.416 e. The molecule has 0 N–H and O–H groups in total. The Bertz CT molecular complexity index is 1570. The molecule has 3 aromatic heterocycles. The number of halogens is 4. The summed E-state index contributed by atoms with van der Waals surface area (Å²) < 4.78 is 61.7. The number of aromatic nitrogens is 5. The normalized spacial score (nSPS) is 16.4. The van der Waals surface area contributed by atoms with Gasteiger partial charge in [-0.3, -0.25) is 14.3 Å². The highest BCUT2D eigenvalue weighted by atomic mass is 19.4. The Morgan fingerprint density at radius 2 is 1.84 bits per heavy atom. The molecule has 1 fully saturated rings. The summed E-state index contributed by atoms with van der Waals surface area (Å²) in [7, 11) is 1.53. The van der Waals surface area contributed by atoms with Gasteiger partial charge in [0.15, 0.2) is 5.52 Å². The van der Waals surface area contributed by atoms with E-state index < -0.39 is 23.1 Å². The summed E-state index contributed by atoms with van der Waals surface area (Å²) in [5.41, 5.74) is -0.199. The molecule has 1 aliphatic heterocycles. The van der Waals surface area contributed by atoms with Gasteiger partial charge in [0.1, 0.15) is 29.0 Å². The number of morpholine rings is 1. The fraction of sp³-hybridized carbons (Fsp3) is 0.320. The molecule has 1 saturated heterocycles. The van der Waals surface area contributed by atoms with Crippen LogP contribution in [0.4, 0.5) is 23.5 Å². The average molecular weight is 514 g/mol. The largest absolute Gasteiger partial charge is 0.416 e. The summed E-state index contributed by atoms with van der Waals surface area (Å²) in [5.74, 6) is -0.682. The number of anilines is 1.